The van der Waals surface area contributed by atoms with Crippen LogP contribution in [0.4, 0.5) is 0 Å². The Hall–Kier alpha value is -1.13. The van der Waals surface area contributed by atoms with E-state index in [1.54, 1.807) is 12.8 Å². The Kier molecular flexibility index (Phi) is 6.10. The Labute approximate surface area is 182 Å². The molecule has 3 nitrogen and oxygen atoms in total. The van der Waals surface area contributed by atoms with Crippen LogP contribution in [0.5, 0.6) is 0 Å². The van der Waals surface area contributed by atoms with Crippen LogP contribution in [-0.2, 0) is 6.42 Å². The lowest BCUT2D eigenvalue weighted by molar-refractivity contribution is 0.146. The summed E-state index contributed by atoms with van der Waals surface area (Å²) in [4.78, 5) is 5.25. The standard InChI is InChI=1S/C25H37N3S/c29-25-26-17-24(16-19-4-2-1-3-5-19)28(25)18-20-8-11-27(12-9-20)13-10-23-15-21-6-7-22(23)14-21/h1-5,20-24H,6-18H2,(H,26,29)/t21?,22?,23?,24-/m0/s1. The Morgan fingerprint density at radius 3 is 2.55 bits per heavy atom. The van der Waals surface area contributed by atoms with E-state index in [1.807, 2.05) is 0 Å². The number of rotatable bonds is 7. The van der Waals surface area contributed by atoms with Crippen molar-refractivity contribution in [2.24, 2.45) is 23.7 Å². The van der Waals surface area contributed by atoms with Gasteiger partial charge < -0.3 is 15.1 Å². The lowest BCUT2D eigenvalue weighted by Crippen LogP contribution is -2.43. The summed E-state index contributed by atoms with van der Waals surface area (Å²) in [6, 6.07) is 11.4. The summed E-state index contributed by atoms with van der Waals surface area (Å²) in [5.41, 5.74) is 1.42. The number of fused-ring (bicyclic) bond motifs is 2. The second-order valence-corrected chi connectivity index (χ2v) is 10.6. The fourth-order valence-electron chi connectivity index (χ4n) is 6.63. The van der Waals surface area contributed by atoms with Crippen molar-refractivity contribution < 1.29 is 0 Å². The minimum Gasteiger partial charge on any atom is -0.360 e. The highest BCUT2D eigenvalue weighted by Gasteiger charge is 2.39. The van der Waals surface area contributed by atoms with E-state index in [0.717, 1.165) is 48.3 Å². The van der Waals surface area contributed by atoms with Crippen molar-refractivity contribution in [1.82, 2.24) is 15.1 Å². The molecule has 4 heteroatoms. The minimum absolute atomic E-state index is 0.515. The first kappa shape index (κ1) is 19.8. The van der Waals surface area contributed by atoms with Gasteiger partial charge in [0.05, 0.1) is 6.04 Å². The lowest BCUT2D eigenvalue weighted by Gasteiger charge is -2.36. The molecule has 1 aromatic rings. The molecular weight excluding hydrogens is 374 g/mol. The summed E-state index contributed by atoms with van der Waals surface area (Å²) in [5, 5.41) is 4.43. The van der Waals surface area contributed by atoms with Crippen LogP contribution in [0.25, 0.3) is 0 Å². The molecule has 2 saturated carbocycles. The summed E-state index contributed by atoms with van der Waals surface area (Å²) < 4.78 is 0. The first-order valence-corrected chi connectivity index (χ1v) is 12.5. The molecule has 5 rings (SSSR count). The zero-order chi connectivity index (χ0) is 19.6. The van der Waals surface area contributed by atoms with Gasteiger partial charge in [0.1, 0.15) is 0 Å². The zero-order valence-corrected chi connectivity index (χ0v) is 18.6. The topological polar surface area (TPSA) is 18.5 Å². The molecule has 4 aliphatic rings. The Bertz CT molecular complexity index is 685. The van der Waals surface area contributed by atoms with Gasteiger partial charge in [-0.1, -0.05) is 36.8 Å². The predicted octanol–water partition coefficient (Wildman–Crippen LogP) is 4.33. The molecule has 2 aliphatic carbocycles. The maximum Gasteiger partial charge on any atom is 0.169 e. The van der Waals surface area contributed by atoms with E-state index < -0.39 is 0 Å². The van der Waals surface area contributed by atoms with Crippen LogP contribution in [-0.4, -0.2) is 53.7 Å². The molecule has 3 unspecified atom stereocenters. The fourth-order valence-corrected chi connectivity index (χ4v) is 6.94. The molecular formula is C25H37N3S. The Morgan fingerprint density at radius 1 is 1.00 bits per heavy atom. The van der Waals surface area contributed by atoms with Gasteiger partial charge in [0.2, 0.25) is 0 Å². The Balaban J connectivity index is 1.07. The maximum atomic E-state index is 5.66. The smallest absolute Gasteiger partial charge is 0.169 e. The van der Waals surface area contributed by atoms with Gasteiger partial charge >= 0.3 is 0 Å². The minimum atomic E-state index is 0.515. The number of piperidine rings is 1. The molecule has 4 fully saturated rings. The molecule has 4 atom stereocenters. The lowest BCUT2D eigenvalue weighted by atomic mass is 9.86. The summed E-state index contributed by atoms with van der Waals surface area (Å²) in [6.07, 6.45) is 11.4. The van der Waals surface area contributed by atoms with Crippen molar-refractivity contribution in [3.05, 3.63) is 35.9 Å². The molecule has 1 aromatic carbocycles. The quantitative estimate of drug-likeness (QED) is 0.673. The van der Waals surface area contributed by atoms with Crippen LogP contribution in [0.3, 0.4) is 0 Å². The van der Waals surface area contributed by atoms with Crippen molar-refractivity contribution in [2.75, 3.05) is 32.7 Å². The number of thiocarbonyl (C=S) groups is 1. The third-order valence-corrected chi connectivity index (χ3v) is 8.75. The monoisotopic (exact) mass is 411 g/mol. The summed E-state index contributed by atoms with van der Waals surface area (Å²) in [5.74, 6) is 4.03. The zero-order valence-electron chi connectivity index (χ0n) is 17.8. The number of nitrogens with zero attached hydrogens (tertiary/aromatic N) is 2. The van der Waals surface area contributed by atoms with E-state index in [2.05, 4.69) is 45.4 Å². The fraction of sp³-hybridized carbons (Fsp3) is 0.720. The van der Waals surface area contributed by atoms with E-state index in [0.29, 0.717) is 6.04 Å². The van der Waals surface area contributed by atoms with Crippen molar-refractivity contribution in [2.45, 2.75) is 57.4 Å². The third-order valence-electron chi connectivity index (χ3n) is 8.37. The van der Waals surface area contributed by atoms with Gasteiger partial charge in [-0.15, -0.1) is 0 Å². The van der Waals surface area contributed by atoms with E-state index in [4.69, 9.17) is 12.2 Å². The van der Waals surface area contributed by atoms with E-state index in [1.165, 1.54) is 57.3 Å². The highest BCUT2D eigenvalue weighted by molar-refractivity contribution is 7.80. The van der Waals surface area contributed by atoms with Gasteiger partial charge in [-0.25, -0.2) is 0 Å². The van der Waals surface area contributed by atoms with Gasteiger partial charge in [0.25, 0.3) is 0 Å². The maximum absolute atomic E-state index is 5.66. The first-order valence-electron chi connectivity index (χ1n) is 12.1. The van der Waals surface area contributed by atoms with Crippen molar-refractivity contribution in [3.8, 4) is 0 Å². The van der Waals surface area contributed by atoms with Gasteiger partial charge in [0.15, 0.2) is 5.11 Å². The number of hydrogen-bond donors (Lipinski definition) is 1. The highest BCUT2D eigenvalue weighted by Crippen LogP contribution is 2.49. The number of nitrogens with one attached hydrogen (secondary N) is 1. The molecule has 2 saturated heterocycles. The van der Waals surface area contributed by atoms with Crippen molar-refractivity contribution in [1.29, 1.82) is 0 Å². The van der Waals surface area contributed by atoms with Gasteiger partial charge in [-0.2, -0.15) is 0 Å². The second-order valence-electron chi connectivity index (χ2n) is 10.2. The van der Waals surface area contributed by atoms with Gasteiger partial charge in [0, 0.05) is 13.1 Å². The van der Waals surface area contributed by atoms with E-state index >= 15 is 0 Å². The molecule has 2 bridgehead atoms. The van der Waals surface area contributed by atoms with Crippen molar-refractivity contribution >= 4 is 17.3 Å². The molecule has 1 N–H and O–H groups in total. The second kappa shape index (κ2) is 8.93. The average molecular weight is 412 g/mol. The molecule has 158 valence electrons. The van der Waals surface area contributed by atoms with Crippen LogP contribution in [0.1, 0.15) is 50.5 Å². The molecule has 2 aliphatic heterocycles. The average Bonchev–Trinajstić information content (AvgIpc) is 3.46. The third kappa shape index (κ3) is 4.64. The molecule has 2 heterocycles. The SMILES string of the molecule is S=C1NC[C@H](Cc2ccccc2)N1CC1CCN(CCC2CC3CCC2C3)CC1. The summed E-state index contributed by atoms with van der Waals surface area (Å²) >= 11 is 5.66. The number of hydrogen-bond acceptors (Lipinski definition) is 2. The number of likely N-dealkylation sites (tertiary alicyclic amines) is 1. The van der Waals surface area contributed by atoms with Crippen LogP contribution >= 0.6 is 12.2 Å². The largest absolute Gasteiger partial charge is 0.360 e. The highest BCUT2D eigenvalue weighted by atomic mass is 32.1. The van der Waals surface area contributed by atoms with Crippen LogP contribution in [0.15, 0.2) is 30.3 Å². The summed E-state index contributed by atoms with van der Waals surface area (Å²) in [7, 11) is 0. The van der Waals surface area contributed by atoms with Gasteiger partial charge in [-0.05, 0) is 106 Å². The molecule has 0 radical (unpaired) electrons. The van der Waals surface area contributed by atoms with Crippen LogP contribution in [0, 0.1) is 23.7 Å². The van der Waals surface area contributed by atoms with Crippen molar-refractivity contribution in [3.63, 3.8) is 0 Å². The normalized spacial score (nSPS) is 32.8. The number of benzene rings is 1. The molecule has 0 amide bonds. The Morgan fingerprint density at radius 2 is 1.83 bits per heavy atom. The molecule has 29 heavy (non-hydrogen) atoms. The first-order chi connectivity index (χ1) is 14.2. The molecule has 0 spiro atoms. The van der Waals surface area contributed by atoms with Crippen LogP contribution in [0.2, 0.25) is 0 Å². The van der Waals surface area contributed by atoms with Gasteiger partial charge in [-0.3, -0.25) is 0 Å². The predicted molar refractivity (Wildman–Crippen MR) is 124 cm³/mol. The molecule has 0 aromatic heterocycles. The summed E-state index contributed by atoms with van der Waals surface area (Å²) in [6.45, 7) is 6.08. The van der Waals surface area contributed by atoms with E-state index in [-0.39, 0.29) is 0 Å². The van der Waals surface area contributed by atoms with Crippen LogP contribution < -0.4 is 5.32 Å². The van der Waals surface area contributed by atoms with E-state index in [9.17, 15) is 0 Å².